The smallest absolute Gasteiger partial charge is 0.334 e. The van der Waals surface area contributed by atoms with Crippen molar-refractivity contribution in [2.45, 2.75) is 89.9 Å². The largest absolute Gasteiger partial charge is 0.455 e. The van der Waals surface area contributed by atoms with Crippen molar-refractivity contribution < 1.29 is 29.0 Å². The van der Waals surface area contributed by atoms with Gasteiger partial charge in [-0.25, -0.2) is 4.79 Å². The van der Waals surface area contributed by atoms with Gasteiger partial charge in [0.15, 0.2) is 11.4 Å². The number of aliphatic hydroxyl groups is 1. The molecule has 8 atom stereocenters. The number of esters is 2. The Morgan fingerprint density at radius 1 is 1.06 bits per heavy atom. The van der Waals surface area contributed by atoms with Gasteiger partial charge >= 0.3 is 11.9 Å². The van der Waals surface area contributed by atoms with E-state index in [9.17, 15) is 19.5 Å². The number of hydrogen-bond acceptors (Lipinski definition) is 6. The standard InChI is InChI=1S/C28H34O6/c1-15-14-22(33-23(30)16(15)2)26(4)20-11-13-28(32)19-9-8-17-6-5-7-21(29)25(17,3)18(19)10-12-27(20,28)24(31)34-26/h5,7-8,18-20,22,32H,6,9-14H2,1-4H3/t18-,19+,20+,22+,25-,26+,27?,28+/m0/s1. The molecule has 1 unspecified atom stereocenters. The van der Waals surface area contributed by atoms with E-state index in [2.05, 4.69) is 6.08 Å². The maximum Gasteiger partial charge on any atom is 0.334 e. The van der Waals surface area contributed by atoms with Crippen LogP contribution < -0.4 is 0 Å². The predicted molar refractivity (Wildman–Crippen MR) is 123 cm³/mol. The number of carbonyl (C=O) groups is 3. The van der Waals surface area contributed by atoms with Crippen molar-refractivity contribution in [1.82, 2.24) is 0 Å². The fourth-order valence-corrected chi connectivity index (χ4v) is 8.86. The van der Waals surface area contributed by atoms with Crippen LogP contribution in [0.4, 0.5) is 0 Å². The molecule has 0 aromatic rings. The summed E-state index contributed by atoms with van der Waals surface area (Å²) in [5, 5.41) is 12.4. The molecule has 0 radical (unpaired) electrons. The lowest BCUT2D eigenvalue weighted by Gasteiger charge is -2.58. The van der Waals surface area contributed by atoms with Crippen LogP contribution in [-0.4, -0.2) is 40.1 Å². The maximum absolute atomic E-state index is 13.8. The number of ether oxygens (including phenoxy) is 2. The van der Waals surface area contributed by atoms with Gasteiger partial charge in [-0.3, -0.25) is 9.59 Å². The molecule has 0 aromatic heterocycles. The Morgan fingerprint density at radius 2 is 1.82 bits per heavy atom. The molecule has 2 heterocycles. The average molecular weight is 467 g/mol. The summed E-state index contributed by atoms with van der Waals surface area (Å²) in [5.41, 5.74) is -1.12. The summed E-state index contributed by atoms with van der Waals surface area (Å²) in [5.74, 6) is -1.01. The van der Waals surface area contributed by atoms with Crippen LogP contribution in [0.5, 0.6) is 0 Å². The number of allylic oxidation sites excluding steroid dienone is 4. The second-order valence-electron chi connectivity index (χ2n) is 12.0. The Hall–Kier alpha value is -2.21. The number of hydrogen-bond donors (Lipinski definition) is 1. The van der Waals surface area contributed by atoms with E-state index in [0.717, 1.165) is 17.6 Å². The van der Waals surface area contributed by atoms with Crippen molar-refractivity contribution in [3.05, 3.63) is 34.9 Å². The fraction of sp³-hybridized carbons (Fsp3) is 0.679. The quantitative estimate of drug-likeness (QED) is 0.465. The summed E-state index contributed by atoms with van der Waals surface area (Å²) in [6, 6.07) is 0. The Bertz CT molecular complexity index is 1110. The second-order valence-corrected chi connectivity index (χ2v) is 12.0. The molecule has 182 valence electrons. The van der Waals surface area contributed by atoms with Crippen molar-refractivity contribution in [3.63, 3.8) is 0 Å². The van der Waals surface area contributed by atoms with E-state index in [-0.39, 0.29) is 35.5 Å². The van der Waals surface area contributed by atoms with Crippen molar-refractivity contribution in [1.29, 1.82) is 0 Å². The highest BCUT2D eigenvalue weighted by atomic mass is 16.6. The normalized spacial score (nSPS) is 49.6. The highest BCUT2D eigenvalue weighted by molar-refractivity contribution is 5.99. The fourth-order valence-electron chi connectivity index (χ4n) is 8.86. The average Bonchev–Trinajstić information content (AvgIpc) is 3.23. The first-order valence-electron chi connectivity index (χ1n) is 12.7. The molecular formula is C28H34O6. The van der Waals surface area contributed by atoms with Crippen molar-refractivity contribution in [2.24, 2.45) is 28.6 Å². The van der Waals surface area contributed by atoms with Gasteiger partial charge in [0, 0.05) is 17.9 Å². The highest BCUT2D eigenvalue weighted by Gasteiger charge is 2.79. The molecule has 6 aliphatic rings. The van der Waals surface area contributed by atoms with E-state index in [0.29, 0.717) is 44.1 Å². The van der Waals surface area contributed by atoms with Crippen molar-refractivity contribution >= 4 is 17.7 Å². The summed E-state index contributed by atoms with van der Waals surface area (Å²) in [7, 11) is 0. The molecule has 34 heavy (non-hydrogen) atoms. The van der Waals surface area contributed by atoms with Gasteiger partial charge in [-0.15, -0.1) is 0 Å². The van der Waals surface area contributed by atoms with Crippen LogP contribution in [0.1, 0.15) is 72.6 Å². The third-order valence-electron chi connectivity index (χ3n) is 11.0. The Morgan fingerprint density at radius 3 is 2.56 bits per heavy atom. The summed E-state index contributed by atoms with van der Waals surface area (Å²) < 4.78 is 12.0. The molecule has 1 N–H and O–H groups in total. The minimum absolute atomic E-state index is 0.000633. The molecule has 6 heteroatoms. The first kappa shape index (κ1) is 22.3. The SMILES string of the molecule is CC1=C(C)C(=O)O[C@@H]([C@]2(C)OC(=O)C34CC[C@H]5[C@@H](CC=C6CC=CC(=O)[C@@]65C)[C@]3(O)CC[C@@H]42)C1. The monoisotopic (exact) mass is 466 g/mol. The van der Waals surface area contributed by atoms with Gasteiger partial charge in [-0.05, 0) is 84.1 Å². The Kier molecular flexibility index (Phi) is 4.40. The van der Waals surface area contributed by atoms with E-state index in [1.807, 2.05) is 26.8 Å². The van der Waals surface area contributed by atoms with Crippen LogP contribution >= 0.6 is 0 Å². The van der Waals surface area contributed by atoms with Gasteiger partial charge in [0.25, 0.3) is 0 Å². The van der Waals surface area contributed by atoms with Crippen LogP contribution in [0.3, 0.4) is 0 Å². The summed E-state index contributed by atoms with van der Waals surface area (Å²) in [4.78, 5) is 39.4. The lowest BCUT2D eigenvalue weighted by atomic mass is 9.45. The van der Waals surface area contributed by atoms with Crippen molar-refractivity contribution in [3.8, 4) is 0 Å². The Balaban J connectivity index is 1.40. The number of fused-ring (bicyclic) bond motifs is 4. The van der Waals surface area contributed by atoms with Gasteiger partial charge in [-0.2, -0.15) is 0 Å². The molecule has 6 rings (SSSR count). The van der Waals surface area contributed by atoms with Crippen LogP contribution in [0.15, 0.2) is 34.9 Å². The molecule has 0 bridgehead atoms. The molecule has 2 aliphatic heterocycles. The highest BCUT2D eigenvalue weighted by Crippen LogP contribution is 2.72. The first-order valence-corrected chi connectivity index (χ1v) is 12.7. The van der Waals surface area contributed by atoms with Gasteiger partial charge in [0.2, 0.25) is 0 Å². The van der Waals surface area contributed by atoms with Gasteiger partial charge < -0.3 is 14.6 Å². The minimum atomic E-state index is -1.23. The molecule has 1 spiro atoms. The lowest BCUT2D eigenvalue weighted by Crippen LogP contribution is -2.64. The molecule has 4 aliphatic carbocycles. The van der Waals surface area contributed by atoms with Gasteiger partial charge in [0.1, 0.15) is 11.5 Å². The number of carbonyl (C=O) groups excluding carboxylic acids is 3. The first-order chi connectivity index (χ1) is 16.0. The van der Waals surface area contributed by atoms with E-state index in [1.54, 1.807) is 13.0 Å². The van der Waals surface area contributed by atoms with E-state index in [4.69, 9.17) is 9.47 Å². The van der Waals surface area contributed by atoms with Crippen LogP contribution in [0.25, 0.3) is 0 Å². The zero-order valence-corrected chi connectivity index (χ0v) is 20.5. The van der Waals surface area contributed by atoms with Gasteiger partial charge in [0.05, 0.1) is 11.0 Å². The second kappa shape index (κ2) is 6.71. The predicted octanol–water partition coefficient (Wildman–Crippen LogP) is 3.97. The van der Waals surface area contributed by atoms with Gasteiger partial charge in [-0.1, -0.05) is 23.3 Å². The van der Waals surface area contributed by atoms with E-state index < -0.39 is 28.1 Å². The van der Waals surface area contributed by atoms with Crippen molar-refractivity contribution in [2.75, 3.05) is 0 Å². The zero-order chi connectivity index (χ0) is 24.3. The summed E-state index contributed by atoms with van der Waals surface area (Å²) >= 11 is 0. The van der Waals surface area contributed by atoms with Crippen LogP contribution in [0.2, 0.25) is 0 Å². The molecule has 3 fully saturated rings. The summed E-state index contributed by atoms with van der Waals surface area (Å²) in [6.07, 6.45) is 9.53. The molecule has 6 nitrogen and oxygen atoms in total. The number of ketones is 1. The van der Waals surface area contributed by atoms with E-state index in [1.165, 1.54) is 0 Å². The molecule has 0 aromatic carbocycles. The summed E-state index contributed by atoms with van der Waals surface area (Å²) in [6.45, 7) is 7.62. The molecule has 1 saturated heterocycles. The number of rotatable bonds is 1. The minimum Gasteiger partial charge on any atom is -0.455 e. The van der Waals surface area contributed by atoms with Crippen LogP contribution in [0, 0.1) is 28.6 Å². The third-order valence-corrected chi connectivity index (χ3v) is 11.0. The maximum atomic E-state index is 13.8. The lowest BCUT2D eigenvalue weighted by molar-refractivity contribution is -0.193. The third kappa shape index (κ3) is 2.34. The Labute approximate surface area is 200 Å². The molecule has 0 amide bonds. The number of cyclic esters (lactones) is 2. The van der Waals surface area contributed by atoms with E-state index >= 15 is 0 Å². The zero-order valence-electron chi connectivity index (χ0n) is 20.5. The molecule has 2 saturated carbocycles. The topological polar surface area (TPSA) is 89.9 Å². The molecular weight excluding hydrogens is 432 g/mol. The van der Waals surface area contributed by atoms with Crippen LogP contribution in [-0.2, 0) is 23.9 Å².